The molecule has 0 amide bonds. The number of halogens is 3. The van der Waals surface area contributed by atoms with E-state index in [2.05, 4.69) is 5.32 Å². The van der Waals surface area contributed by atoms with Crippen molar-refractivity contribution in [2.45, 2.75) is 19.4 Å². The summed E-state index contributed by atoms with van der Waals surface area (Å²) in [6, 6.07) is 2.98. The van der Waals surface area contributed by atoms with Crippen molar-refractivity contribution in [3.63, 3.8) is 0 Å². The van der Waals surface area contributed by atoms with E-state index in [-0.39, 0.29) is 5.82 Å². The topological polar surface area (TPSA) is 12.0 Å². The van der Waals surface area contributed by atoms with E-state index in [0.29, 0.717) is 11.1 Å². The lowest BCUT2D eigenvalue weighted by Gasteiger charge is -2.15. The maximum Gasteiger partial charge on any atom is 0.257 e. The SMILES string of the molecule is CNC(c1ccc(F)c(C)c1)C(F)F. The maximum absolute atomic E-state index is 12.9. The lowest BCUT2D eigenvalue weighted by molar-refractivity contribution is 0.102. The van der Waals surface area contributed by atoms with Gasteiger partial charge in [-0.1, -0.05) is 12.1 Å². The fraction of sp³-hybridized carbons (Fsp3) is 0.400. The highest BCUT2D eigenvalue weighted by atomic mass is 19.3. The molecule has 1 aromatic carbocycles. The summed E-state index contributed by atoms with van der Waals surface area (Å²) in [4.78, 5) is 0. The highest BCUT2D eigenvalue weighted by Gasteiger charge is 2.20. The first-order chi connectivity index (χ1) is 6.56. The fourth-order valence-electron chi connectivity index (χ4n) is 1.30. The van der Waals surface area contributed by atoms with Crippen LogP contribution in [0.4, 0.5) is 13.2 Å². The van der Waals surface area contributed by atoms with Gasteiger partial charge in [-0.15, -0.1) is 0 Å². The molecule has 1 unspecified atom stereocenters. The van der Waals surface area contributed by atoms with Crippen molar-refractivity contribution >= 4 is 0 Å². The van der Waals surface area contributed by atoms with E-state index in [9.17, 15) is 13.2 Å². The molecule has 0 radical (unpaired) electrons. The average molecular weight is 203 g/mol. The van der Waals surface area contributed by atoms with Gasteiger partial charge < -0.3 is 5.32 Å². The number of nitrogens with one attached hydrogen (secondary N) is 1. The second-order valence-corrected chi connectivity index (χ2v) is 3.11. The number of aryl methyl sites for hydroxylation is 1. The Balaban J connectivity index is 3.00. The van der Waals surface area contributed by atoms with Crippen LogP contribution in [0.3, 0.4) is 0 Å². The molecule has 1 rings (SSSR count). The average Bonchev–Trinajstić information content (AvgIpc) is 2.11. The molecule has 0 aliphatic carbocycles. The second kappa shape index (κ2) is 4.46. The number of alkyl halides is 2. The van der Waals surface area contributed by atoms with Crippen LogP contribution in [-0.4, -0.2) is 13.5 Å². The van der Waals surface area contributed by atoms with E-state index in [1.165, 1.54) is 25.2 Å². The standard InChI is InChI=1S/C10H12F3N/c1-6-5-7(3-4-8(6)11)9(14-2)10(12)13/h3-5,9-10,14H,1-2H3. The minimum absolute atomic E-state index is 0.377. The third-order valence-corrected chi connectivity index (χ3v) is 2.10. The first kappa shape index (κ1) is 11.0. The predicted octanol–water partition coefficient (Wildman–Crippen LogP) is 2.66. The highest BCUT2D eigenvalue weighted by Crippen LogP contribution is 2.21. The smallest absolute Gasteiger partial charge is 0.257 e. The molecule has 0 aromatic heterocycles. The van der Waals surface area contributed by atoms with Crippen LogP contribution in [-0.2, 0) is 0 Å². The Bertz CT molecular complexity index is 312. The van der Waals surface area contributed by atoms with Crippen LogP contribution in [0, 0.1) is 12.7 Å². The number of rotatable bonds is 3. The van der Waals surface area contributed by atoms with Crippen LogP contribution in [0.2, 0.25) is 0 Å². The molecule has 14 heavy (non-hydrogen) atoms. The van der Waals surface area contributed by atoms with Crippen LogP contribution in [0.15, 0.2) is 18.2 Å². The van der Waals surface area contributed by atoms with E-state index in [0.717, 1.165) is 0 Å². The fourth-order valence-corrected chi connectivity index (χ4v) is 1.30. The molecule has 0 aliphatic heterocycles. The van der Waals surface area contributed by atoms with Gasteiger partial charge in [0.2, 0.25) is 0 Å². The molecular formula is C10H12F3N. The summed E-state index contributed by atoms with van der Waals surface area (Å²) < 4.78 is 37.8. The van der Waals surface area contributed by atoms with Gasteiger partial charge in [0.15, 0.2) is 0 Å². The van der Waals surface area contributed by atoms with Crippen molar-refractivity contribution < 1.29 is 13.2 Å². The molecule has 78 valence electrons. The summed E-state index contributed by atoms with van der Waals surface area (Å²) in [5, 5.41) is 2.49. The Morgan fingerprint density at radius 3 is 2.36 bits per heavy atom. The predicted molar refractivity (Wildman–Crippen MR) is 48.9 cm³/mol. The number of hydrogen-bond donors (Lipinski definition) is 1. The van der Waals surface area contributed by atoms with Crippen molar-refractivity contribution in [3.05, 3.63) is 35.1 Å². The molecule has 1 aromatic rings. The first-order valence-electron chi connectivity index (χ1n) is 4.27. The van der Waals surface area contributed by atoms with Crippen molar-refractivity contribution in [2.24, 2.45) is 0 Å². The molecule has 0 saturated heterocycles. The van der Waals surface area contributed by atoms with Crippen LogP contribution in [0.1, 0.15) is 17.2 Å². The zero-order valence-corrected chi connectivity index (χ0v) is 8.02. The second-order valence-electron chi connectivity index (χ2n) is 3.11. The third-order valence-electron chi connectivity index (χ3n) is 2.10. The molecule has 0 heterocycles. The third kappa shape index (κ3) is 2.26. The Labute approximate surface area is 80.9 Å². The Morgan fingerprint density at radius 1 is 1.29 bits per heavy atom. The highest BCUT2D eigenvalue weighted by molar-refractivity contribution is 5.26. The van der Waals surface area contributed by atoms with Crippen LogP contribution >= 0.6 is 0 Å². The summed E-state index contributed by atoms with van der Waals surface area (Å²) in [6.07, 6.45) is -2.50. The molecule has 0 saturated carbocycles. The van der Waals surface area contributed by atoms with E-state index in [4.69, 9.17) is 0 Å². The summed E-state index contributed by atoms with van der Waals surface area (Å²) in [6.45, 7) is 1.55. The van der Waals surface area contributed by atoms with Crippen LogP contribution in [0.5, 0.6) is 0 Å². The largest absolute Gasteiger partial charge is 0.308 e. The summed E-state index contributed by atoms with van der Waals surface area (Å²) >= 11 is 0. The lowest BCUT2D eigenvalue weighted by Crippen LogP contribution is -2.23. The quantitative estimate of drug-likeness (QED) is 0.796. The molecule has 0 aliphatic rings. The zero-order valence-electron chi connectivity index (χ0n) is 8.02. The number of hydrogen-bond acceptors (Lipinski definition) is 1. The van der Waals surface area contributed by atoms with Crippen LogP contribution < -0.4 is 5.32 Å². The molecular weight excluding hydrogens is 191 g/mol. The summed E-state index contributed by atoms with van der Waals surface area (Å²) in [5.74, 6) is -0.377. The summed E-state index contributed by atoms with van der Waals surface area (Å²) in [5.41, 5.74) is 0.782. The van der Waals surface area contributed by atoms with E-state index in [1.807, 2.05) is 0 Å². The van der Waals surface area contributed by atoms with Crippen molar-refractivity contribution in [3.8, 4) is 0 Å². The normalized spacial score (nSPS) is 13.3. The minimum atomic E-state index is -2.50. The number of benzene rings is 1. The molecule has 0 bridgehead atoms. The molecule has 4 heteroatoms. The van der Waals surface area contributed by atoms with E-state index in [1.54, 1.807) is 6.92 Å². The molecule has 1 atom stereocenters. The van der Waals surface area contributed by atoms with Gasteiger partial charge in [0, 0.05) is 0 Å². The Kier molecular flexibility index (Phi) is 3.52. The van der Waals surface area contributed by atoms with Gasteiger partial charge in [-0.2, -0.15) is 0 Å². The monoisotopic (exact) mass is 203 g/mol. The van der Waals surface area contributed by atoms with Gasteiger partial charge in [0.25, 0.3) is 6.43 Å². The van der Waals surface area contributed by atoms with E-state index >= 15 is 0 Å². The Hall–Kier alpha value is -1.03. The van der Waals surface area contributed by atoms with Gasteiger partial charge in [0.1, 0.15) is 5.82 Å². The Morgan fingerprint density at radius 2 is 1.93 bits per heavy atom. The van der Waals surface area contributed by atoms with Crippen LogP contribution in [0.25, 0.3) is 0 Å². The van der Waals surface area contributed by atoms with Crippen molar-refractivity contribution in [1.29, 1.82) is 0 Å². The first-order valence-corrected chi connectivity index (χ1v) is 4.27. The lowest BCUT2D eigenvalue weighted by atomic mass is 10.0. The van der Waals surface area contributed by atoms with Gasteiger partial charge in [0.05, 0.1) is 6.04 Å². The van der Waals surface area contributed by atoms with Gasteiger partial charge >= 0.3 is 0 Å². The molecule has 0 spiro atoms. The van der Waals surface area contributed by atoms with E-state index < -0.39 is 12.5 Å². The van der Waals surface area contributed by atoms with Gasteiger partial charge in [-0.3, -0.25) is 0 Å². The molecule has 1 nitrogen and oxygen atoms in total. The maximum atomic E-state index is 12.9. The van der Waals surface area contributed by atoms with Crippen molar-refractivity contribution in [2.75, 3.05) is 7.05 Å². The minimum Gasteiger partial charge on any atom is -0.308 e. The molecule has 1 N–H and O–H groups in total. The molecule has 0 fully saturated rings. The zero-order chi connectivity index (χ0) is 10.7. The summed E-state index contributed by atoms with van der Waals surface area (Å²) in [7, 11) is 1.45. The van der Waals surface area contributed by atoms with Crippen molar-refractivity contribution in [1.82, 2.24) is 5.32 Å². The van der Waals surface area contributed by atoms with Gasteiger partial charge in [-0.25, -0.2) is 13.2 Å². The van der Waals surface area contributed by atoms with Gasteiger partial charge in [-0.05, 0) is 31.2 Å².